The van der Waals surface area contributed by atoms with E-state index in [1.54, 1.807) is 0 Å². The van der Waals surface area contributed by atoms with Crippen LogP contribution in [0.5, 0.6) is 0 Å². The van der Waals surface area contributed by atoms with Gasteiger partial charge in [-0.1, -0.05) is 0 Å². The first-order valence-corrected chi connectivity index (χ1v) is 8.16. The smallest absolute Gasteiger partial charge is 0.0791 e. The number of morpholine rings is 1. The Kier molecular flexibility index (Phi) is 5.99. The second-order valence-corrected chi connectivity index (χ2v) is 7.03. The van der Waals surface area contributed by atoms with Gasteiger partial charge in [0.05, 0.1) is 19.3 Å². The Morgan fingerprint density at radius 2 is 2.10 bits per heavy atom. The highest BCUT2D eigenvalue weighted by Crippen LogP contribution is 2.25. The predicted molar refractivity (Wildman–Crippen MR) is 83.5 cm³/mol. The Morgan fingerprint density at radius 3 is 2.70 bits per heavy atom. The first-order chi connectivity index (χ1) is 9.56. The van der Waals surface area contributed by atoms with Crippen molar-refractivity contribution in [2.45, 2.75) is 32.9 Å². The molecule has 2 rings (SSSR count). The largest absolute Gasteiger partial charge is 0.390 e. The SMILES string of the molecule is Cc1cc(C(C)NCC(O)CN2CCOCC2)c(C)s1. The normalized spacial score (nSPS) is 20.0. The van der Waals surface area contributed by atoms with Gasteiger partial charge in [0.2, 0.25) is 0 Å². The zero-order valence-electron chi connectivity index (χ0n) is 12.7. The highest BCUT2D eigenvalue weighted by atomic mass is 32.1. The molecule has 0 aromatic carbocycles. The zero-order chi connectivity index (χ0) is 14.5. The summed E-state index contributed by atoms with van der Waals surface area (Å²) in [4.78, 5) is 4.98. The number of hydrogen-bond donors (Lipinski definition) is 2. The van der Waals surface area contributed by atoms with Crippen LogP contribution in [0.1, 0.15) is 28.3 Å². The second kappa shape index (κ2) is 7.52. The van der Waals surface area contributed by atoms with Crippen LogP contribution in [0.4, 0.5) is 0 Å². The Labute approximate surface area is 125 Å². The van der Waals surface area contributed by atoms with Gasteiger partial charge in [-0.2, -0.15) is 0 Å². The molecule has 0 amide bonds. The molecule has 0 aliphatic carbocycles. The van der Waals surface area contributed by atoms with Gasteiger partial charge in [0.1, 0.15) is 0 Å². The van der Waals surface area contributed by atoms with E-state index in [1.165, 1.54) is 15.3 Å². The molecule has 1 saturated heterocycles. The lowest BCUT2D eigenvalue weighted by molar-refractivity contribution is 0.0145. The van der Waals surface area contributed by atoms with E-state index in [2.05, 4.69) is 37.1 Å². The van der Waals surface area contributed by atoms with E-state index in [0.717, 1.165) is 32.8 Å². The van der Waals surface area contributed by atoms with Crippen molar-refractivity contribution in [2.75, 3.05) is 39.4 Å². The number of aliphatic hydroxyl groups is 1. The van der Waals surface area contributed by atoms with E-state index in [1.807, 2.05) is 11.3 Å². The molecule has 1 aromatic heterocycles. The third-order valence-electron chi connectivity index (χ3n) is 3.78. The average molecular weight is 298 g/mol. The molecule has 2 heterocycles. The van der Waals surface area contributed by atoms with Crippen LogP contribution in [0.25, 0.3) is 0 Å². The highest BCUT2D eigenvalue weighted by Gasteiger charge is 2.16. The van der Waals surface area contributed by atoms with Gasteiger partial charge in [-0.05, 0) is 32.4 Å². The Balaban J connectivity index is 1.74. The lowest BCUT2D eigenvalue weighted by Gasteiger charge is -2.29. The molecular weight excluding hydrogens is 272 g/mol. The molecular formula is C15H26N2O2S. The average Bonchev–Trinajstić information content (AvgIpc) is 2.76. The van der Waals surface area contributed by atoms with Crippen LogP contribution in [0.2, 0.25) is 0 Å². The first kappa shape index (κ1) is 15.9. The van der Waals surface area contributed by atoms with Gasteiger partial charge in [-0.15, -0.1) is 11.3 Å². The standard InChI is InChI=1S/C15H26N2O2S/c1-11-8-15(13(3)20-11)12(2)16-9-14(18)10-17-4-6-19-7-5-17/h8,12,14,16,18H,4-7,9-10H2,1-3H3. The molecule has 1 fully saturated rings. The van der Waals surface area contributed by atoms with Gasteiger partial charge in [-0.3, -0.25) is 4.90 Å². The molecule has 0 radical (unpaired) electrons. The summed E-state index contributed by atoms with van der Waals surface area (Å²) in [5.74, 6) is 0. The minimum absolute atomic E-state index is 0.291. The number of nitrogens with zero attached hydrogens (tertiary/aromatic N) is 1. The van der Waals surface area contributed by atoms with Gasteiger partial charge in [-0.25, -0.2) is 0 Å². The topological polar surface area (TPSA) is 44.7 Å². The monoisotopic (exact) mass is 298 g/mol. The van der Waals surface area contributed by atoms with Crippen LogP contribution in [0.3, 0.4) is 0 Å². The molecule has 2 atom stereocenters. The zero-order valence-corrected chi connectivity index (χ0v) is 13.5. The number of thiophene rings is 1. The minimum atomic E-state index is -0.324. The number of hydrogen-bond acceptors (Lipinski definition) is 5. The Bertz CT molecular complexity index is 416. The highest BCUT2D eigenvalue weighted by molar-refractivity contribution is 7.12. The molecule has 0 saturated carbocycles. The van der Waals surface area contributed by atoms with E-state index >= 15 is 0 Å². The van der Waals surface area contributed by atoms with Crippen molar-refractivity contribution in [3.8, 4) is 0 Å². The maximum absolute atomic E-state index is 10.1. The Morgan fingerprint density at radius 1 is 1.40 bits per heavy atom. The van der Waals surface area contributed by atoms with E-state index in [-0.39, 0.29) is 6.10 Å². The molecule has 114 valence electrons. The molecule has 2 unspecified atom stereocenters. The number of aliphatic hydroxyl groups excluding tert-OH is 1. The fraction of sp³-hybridized carbons (Fsp3) is 0.733. The summed E-state index contributed by atoms with van der Waals surface area (Å²) in [5.41, 5.74) is 1.35. The molecule has 4 nitrogen and oxygen atoms in total. The number of rotatable bonds is 6. The third kappa shape index (κ3) is 4.53. The van der Waals surface area contributed by atoms with Gasteiger partial charge >= 0.3 is 0 Å². The van der Waals surface area contributed by atoms with Gasteiger partial charge < -0.3 is 15.2 Å². The summed E-state index contributed by atoms with van der Waals surface area (Å²) < 4.78 is 5.32. The second-order valence-electron chi connectivity index (χ2n) is 5.57. The summed E-state index contributed by atoms with van der Waals surface area (Å²) in [6.07, 6.45) is -0.324. The van der Waals surface area contributed by atoms with Crippen LogP contribution in [0, 0.1) is 13.8 Å². The van der Waals surface area contributed by atoms with Crippen LogP contribution in [-0.2, 0) is 4.74 Å². The quantitative estimate of drug-likeness (QED) is 0.839. The fourth-order valence-electron chi connectivity index (χ4n) is 2.65. The lowest BCUT2D eigenvalue weighted by Crippen LogP contribution is -2.44. The molecule has 0 bridgehead atoms. The molecule has 20 heavy (non-hydrogen) atoms. The van der Waals surface area contributed by atoms with E-state index in [0.29, 0.717) is 12.6 Å². The molecule has 0 spiro atoms. The van der Waals surface area contributed by atoms with Crippen LogP contribution >= 0.6 is 11.3 Å². The summed E-state index contributed by atoms with van der Waals surface area (Å²) in [5, 5.41) is 13.6. The lowest BCUT2D eigenvalue weighted by atomic mass is 10.1. The van der Waals surface area contributed by atoms with Gasteiger partial charge in [0.25, 0.3) is 0 Å². The predicted octanol–water partition coefficient (Wildman–Crippen LogP) is 1.71. The summed E-state index contributed by atoms with van der Waals surface area (Å²) in [7, 11) is 0. The van der Waals surface area contributed by atoms with Crippen LogP contribution in [0.15, 0.2) is 6.07 Å². The third-order valence-corrected chi connectivity index (χ3v) is 4.76. The maximum atomic E-state index is 10.1. The molecule has 1 aliphatic rings. The van der Waals surface area contributed by atoms with Crippen molar-refractivity contribution < 1.29 is 9.84 Å². The molecule has 5 heteroatoms. The van der Waals surface area contributed by atoms with Gasteiger partial charge in [0, 0.05) is 42.0 Å². The number of aryl methyl sites for hydroxylation is 2. The summed E-state index contributed by atoms with van der Waals surface area (Å²) in [6.45, 7) is 11.2. The number of β-amino-alcohol motifs (C(OH)–C–C–N with tert-alkyl or cyclic N) is 1. The van der Waals surface area contributed by atoms with Crippen LogP contribution < -0.4 is 5.32 Å². The fourth-order valence-corrected chi connectivity index (χ4v) is 3.67. The number of nitrogens with one attached hydrogen (secondary N) is 1. The van der Waals surface area contributed by atoms with E-state index in [4.69, 9.17) is 4.74 Å². The van der Waals surface area contributed by atoms with Crippen molar-refractivity contribution in [3.63, 3.8) is 0 Å². The van der Waals surface area contributed by atoms with Crippen molar-refractivity contribution in [3.05, 3.63) is 21.4 Å². The molecule has 2 N–H and O–H groups in total. The maximum Gasteiger partial charge on any atom is 0.0791 e. The van der Waals surface area contributed by atoms with E-state index in [9.17, 15) is 5.11 Å². The van der Waals surface area contributed by atoms with Crippen molar-refractivity contribution in [2.24, 2.45) is 0 Å². The molecule has 1 aromatic rings. The van der Waals surface area contributed by atoms with Crippen LogP contribution in [-0.4, -0.2) is 55.5 Å². The van der Waals surface area contributed by atoms with Crippen molar-refractivity contribution in [1.29, 1.82) is 0 Å². The first-order valence-electron chi connectivity index (χ1n) is 7.34. The minimum Gasteiger partial charge on any atom is -0.390 e. The summed E-state index contributed by atoms with van der Waals surface area (Å²) >= 11 is 1.84. The Hall–Kier alpha value is -0.460. The number of ether oxygens (including phenoxy) is 1. The van der Waals surface area contributed by atoms with E-state index < -0.39 is 0 Å². The summed E-state index contributed by atoms with van der Waals surface area (Å²) in [6, 6.07) is 2.53. The van der Waals surface area contributed by atoms with Crippen molar-refractivity contribution >= 4 is 11.3 Å². The molecule has 1 aliphatic heterocycles. The van der Waals surface area contributed by atoms with Gasteiger partial charge in [0.15, 0.2) is 0 Å². The van der Waals surface area contributed by atoms with Crippen molar-refractivity contribution in [1.82, 2.24) is 10.2 Å².